The summed E-state index contributed by atoms with van der Waals surface area (Å²) in [6.45, 7) is 6.39. The minimum Gasteiger partial charge on any atom is -0.385 e. The molecule has 0 saturated carbocycles. The summed E-state index contributed by atoms with van der Waals surface area (Å²) >= 11 is 0. The summed E-state index contributed by atoms with van der Waals surface area (Å²) in [5, 5.41) is 3.44. The third-order valence-electron chi connectivity index (χ3n) is 1.74. The van der Waals surface area contributed by atoms with E-state index in [1.165, 1.54) is 12.8 Å². The fraction of sp³-hybridized carbons (Fsp3) is 1.00. The summed E-state index contributed by atoms with van der Waals surface area (Å²) in [6, 6.07) is 0.664. The number of hydrogen-bond donors (Lipinski definition) is 1. The second-order valence-corrected chi connectivity index (χ2v) is 2.99. The van der Waals surface area contributed by atoms with E-state index in [1.807, 2.05) is 0 Å². The zero-order valence-electron chi connectivity index (χ0n) is 8.02. The van der Waals surface area contributed by atoms with Crippen molar-refractivity contribution in [3.63, 3.8) is 0 Å². The van der Waals surface area contributed by atoms with Gasteiger partial charge in [-0.15, -0.1) is 0 Å². The number of ether oxygens (including phenoxy) is 1. The molecule has 0 bridgehead atoms. The topological polar surface area (TPSA) is 21.3 Å². The molecule has 1 N–H and O–H groups in total. The van der Waals surface area contributed by atoms with E-state index in [-0.39, 0.29) is 0 Å². The maximum Gasteiger partial charge on any atom is 0.0474 e. The molecule has 11 heavy (non-hydrogen) atoms. The molecule has 1 unspecified atom stereocenters. The Kier molecular flexibility index (Phi) is 7.96. The summed E-state index contributed by atoms with van der Waals surface area (Å²) < 4.78 is 4.94. The molecule has 0 fully saturated rings. The lowest BCUT2D eigenvalue weighted by Gasteiger charge is -2.11. The van der Waals surface area contributed by atoms with Gasteiger partial charge in [0.25, 0.3) is 0 Å². The van der Waals surface area contributed by atoms with Crippen molar-refractivity contribution in [2.75, 3.05) is 20.3 Å². The number of nitrogens with one attached hydrogen (secondary N) is 1. The summed E-state index contributed by atoms with van der Waals surface area (Å²) in [5.41, 5.74) is 0. The van der Waals surface area contributed by atoms with Crippen molar-refractivity contribution in [1.82, 2.24) is 5.32 Å². The zero-order valence-corrected chi connectivity index (χ0v) is 8.02. The van der Waals surface area contributed by atoms with E-state index in [2.05, 4.69) is 19.2 Å². The van der Waals surface area contributed by atoms with Gasteiger partial charge in [-0.3, -0.25) is 0 Å². The molecular weight excluding hydrogens is 138 g/mol. The Hall–Kier alpha value is -0.0800. The van der Waals surface area contributed by atoms with Gasteiger partial charge in [0.05, 0.1) is 0 Å². The second kappa shape index (κ2) is 8.02. The standard InChI is InChI=1S/C9H21NO/c1-4-6-9(2)10-7-5-8-11-3/h9-10H,4-8H2,1-3H3. The molecular formula is C9H21NO. The van der Waals surface area contributed by atoms with Crippen LogP contribution in [0.15, 0.2) is 0 Å². The van der Waals surface area contributed by atoms with Crippen molar-refractivity contribution in [1.29, 1.82) is 0 Å². The first-order valence-corrected chi connectivity index (χ1v) is 4.53. The minimum atomic E-state index is 0.664. The molecule has 0 aromatic rings. The van der Waals surface area contributed by atoms with Crippen LogP contribution in [-0.2, 0) is 4.74 Å². The summed E-state index contributed by atoms with van der Waals surface area (Å²) in [5.74, 6) is 0. The van der Waals surface area contributed by atoms with Gasteiger partial charge in [0.15, 0.2) is 0 Å². The SMILES string of the molecule is CCCC(C)NCCCOC. The van der Waals surface area contributed by atoms with Crippen molar-refractivity contribution in [2.24, 2.45) is 0 Å². The van der Waals surface area contributed by atoms with Gasteiger partial charge < -0.3 is 10.1 Å². The molecule has 0 amide bonds. The summed E-state index contributed by atoms with van der Waals surface area (Å²) in [4.78, 5) is 0. The Labute approximate surface area is 70.3 Å². The molecule has 0 aliphatic carbocycles. The fourth-order valence-corrected chi connectivity index (χ4v) is 1.10. The highest BCUT2D eigenvalue weighted by molar-refractivity contribution is 4.58. The van der Waals surface area contributed by atoms with Crippen molar-refractivity contribution >= 4 is 0 Å². The van der Waals surface area contributed by atoms with Gasteiger partial charge in [-0.05, 0) is 26.3 Å². The number of hydrogen-bond acceptors (Lipinski definition) is 2. The molecule has 2 heteroatoms. The predicted octanol–water partition coefficient (Wildman–Crippen LogP) is 1.80. The zero-order chi connectivity index (χ0) is 8.53. The molecule has 0 radical (unpaired) electrons. The van der Waals surface area contributed by atoms with Gasteiger partial charge in [0, 0.05) is 19.8 Å². The lowest BCUT2D eigenvalue weighted by Crippen LogP contribution is -2.27. The molecule has 0 spiro atoms. The average Bonchev–Trinajstić information content (AvgIpc) is 1.99. The van der Waals surface area contributed by atoms with Crippen LogP contribution < -0.4 is 5.32 Å². The fourth-order valence-electron chi connectivity index (χ4n) is 1.10. The highest BCUT2D eigenvalue weighted by Gasteiger charge is 1.96. The first-order chi connectivity index (χ1) is 5.31. The van der Waals surface area contributed by atoms with Gasteiger partial charge in [0.1, 0.15) is 0 Å². The molecule has 0 rings (SSSR count). The van der Waals surface area contributed by atoms with E-state index < -0.39 is 0 Å². The van der Waals surface area contributed by atoms with Gasteiger partial charge in [-0.25, -0.2) is 0 Å². The summed E-state index contributed by atoms with van der Waals surface area (Å²) in [7, 11) is 1.75. The van der Waals surface area contributed by atoms with Crippen molar-refractivity contribution in [2.45, 2.75) is 39.2 Å². The van der Waals surface area contributed by atoms with Crippen LogP contribution in [0, 0.1) is 0 Å². The van der Waals surface area contributed by atoms with E-state index in [4.69, 9.17) is 4.74 Å². The van der Waals surface area contributed by atoms with E-state index in [9.17, 15) is 0 Å². The molecule has 0 heterocycles. The molecule has 2 nitrogen and oxygen atoms in total. The van der Waals surface area contributed by atoms with Gasteiger partial charge in [-0.1, -0.05) is 13.3 Å². The quantitative estimate of drug-likeness (QED) is 0.572. The van der Waals surface area contributed by atoms with E-state index in [0.29, 0.717) is 6.04 Å². The molecule has 0 aromatic heterocycles. The van der Waals surface area contributed by atoms with Crippen molar-refractivity contribution in [3.05, 3.63) is 0 Å². The maximum absolute atomic E-state index is 4.94. The van der Waals surface area contributed by atoms with Crippen LogP contribution in [0.4, 0.5) is 0 Å². The van der Waals surface area contributed by atoms with Gasteiger partial charge in [-0.2, -0.15) is 0 Å². The van der Waals surface area contributed by atoms with Crippen LogP contribution >= 0.6 is 0 Å². The third-order valence-corrected chi connectivity index (χ3v) is 1.74. The predicted molar refractivity (Wildman–Crippen MR) is 48.9 cm³/mol. The normalized spacial score (nSPS) is 13.4. The second-order valence-electron chi connectivity index (χ2n) is 2.99. The van der Waals surface area contributed by atoms with Gasteiger partial charge in [0.2, 0.25) is 0 Å². The van der Waals surface area contributed by atoms with Gasteiger partial charge >= 0.3 is 0 Å². The van der Waals surface area contributed by atoms with E-state index in [0.717, 1.165) is 19.6 Å². The smallest absolute Gasteiger partial charge is 0.0474 e. The highest BCUT2D eigenvalue weighted by Crippen LogP contribution is 1.94. The average molecular weight is 159 g/mol. The van der Waals surface area contributed by atoms with Crippen molar-refractivity contribution < 1.29 is 4.74 Å². The van der Waals surface area contributed by atoms with Crippen LogP contribution in [-0.4, -0.2) is 26.3 Å². The third kappa shape index (κ3) is 7.82. The molecule has 0 aliphatic heterocycles. The Morgan fingerprint density at radius 1 is 1.45 bits per heavy atom. The minimum absolute atomic E-state index is 0.664. The highest BCUT2D eigenvalue weighted by atomic mass is 16.5. The Bertz CT molecular complexity index is 76.0. The molecule has 68 valence electrons. The largest absolute Gasteiger partial charge is 0.385 e. The first kappa shape index (κ1) is 10.9. The molecule has 0 aliphatic rings. The van der Waals surface area contributed by atoms with Crippen LogP contribution in [0.3, 0.4) is 0 Å². The van der Waals surface area contributed by atoms with Crippen LogP contribution in [0.1, 0.15) is 33.1 Å². The number of rotatable bonds is 7. The van der Waals surface area contributed by atoms with Crippen molar-refractivity contribution in [3.8, 4) is 0 Å². The van der Waals surface area contributed by atoms with E-state index in [1.54, 1.807) is 7.11 Å². The Morgan fingerprint density at radius 3 is 2.73 bits per heavy atom. The first-order valence-electron chi connectivity index (χ1n) is 4.53. The van der Waals surface area contributed by atoms with Crippen LogP contribution in [0.2, 0.25) is 0 Å². The molecule has 0 aromatic carbocycles. The molecule has 0 saturated heterocycles. The Morgan fingerprint density at radius 2 is 2.18 bits per heavy atom. The maximum atomic E-state index is 4.94. The lowest BCUT2D eigenvalue weighted by molar-refractivity contribution is 0.193. The van der Waals surface area contributed by atoms with E-state index >= 15 is 0 Å². The molecule has 1 atom stereocenters. The summed E-state index contributed by atoms with van der Waals surface area (Å²) in [6.07, 6.45) is 3.65. The Balaban J connectivity index is 2.97. The number of methoxy groups -OCH3 is 1. The monoisotopic (exact) mass is 159 g/mol. The van der Waals surface area contributed by atoms with Crippen LogP contribution in [0.5, 0.6) is 0 Å². The van der Waals surface area contributed by atoms with Crippen LogP contribution in [0.25, 0.3) is 0 Å². The lowest BCUT2D eigenvalue weighted by atomic mass is 10.2.